The van der Waals surface area contributed by atoms with Crippen LogP contribution >= 0.6 is 0 Å². The first kappa shape index (κ1) is 17.6. The maximum absolute atomic E-state index is 12.3. The zero-order valence-electron chi connectivity index (χ0n) is 14.6. The van der Waals surface area contributed by atoms with Gasteiger partial charge in [0, 0.05) is 12.0 Å². The van der Waals surface area contributed by atoms with Crippen LogP contribution in [0.1, 0.15) is 54.1 Å². The Balaban J connectivity index is 1.77. The number of rotatable bonds is 9. The summed E-state index contributed by atoms with van der Waals surface area (Å²) in [5, 5.41) is 0. The molecular weight excluding hydrogens is 316 g/mol. The second-order valence-electron chi connectivity index (χ2n) is 6.32. The highest BCUT2D eigenvalue weighted by Crippen LogP contribution is 2.40. The van der Waals surface area contributed by atoms with Crippen LogP contribution in [0.25, 0.3) is 0 Å². The van der Waals surface area contributed by atoms with Crippen molar-refractivity contribution in [2.45, 2.75) is 44.8 Å². The molecule has 0 aliphatic carbocycles. The van der Waals surface area contributed by atoms with Crippen LogP contribution in [0.5, 0.6) is 0 Å². The predicted octanol–water partition coefficient (Wildman–Crippen LogP) is 4.78. The maximum Gasteiger partial charge on any atom is 0.341 e. The fraction of sp³-hybridized carbons (Fsp3) is 0.381. The molecule has 0 saturated heterocycles. The van der Waals surface area contributed by atoms with Gasteiger partial charge in [-0.25, -0.2) is 9.68 Å². The van der Waals surface area contributed by atoms with Crippen molar-refractivity contribution in [1.29, 1.82) is 0 Å². The first-order valence-corrected chi connectivity index (χ1v) is 8.92. The third kappa shape index (κ3) is 4.09. The van der Waals surface area contributed by atoms with Crippen molar-refractivity contribution in [3.63, 3.8) is 0 Å². The van der Waals surface area contributed by atoms with E-state index in [9.17, 15) is 4.79 Å². The quantitative estimate of drug-likeness (QED) is 0.285. The van der Waals surface area contributed by atoms with Gasteiger partial charge in [-0.05, 0) is 18.1 Å². The zero-order chi connectivity index (χ0) is 17.5. The number of carbonyl (C=O) groups excluding carboxylic acids is 1. The smallest absolute Gasteiger partial charge is 0.341 e. The minimum absolute atomic E-state index is 0.374. The molecule has 4 heteroatoms. The van der Waals surface area contributed by atoms with Gasteiger partial charge < -0.3 is 4.74 Å². The van der Waals surface area contributed by atoms with E-state index in [0.29, 0.717) is 18.6 Å². The van der Waals surface area contributed by atoms with Gasteiger partial charge in [0.2, 0.25) is 0 Å². The highest BCUT2D eigenvalue weighted by atomic mass is 17.2. The Bertz CT molecular complexity index is 698. The SMILES string of the molecule is CCCCCCOOC1(Cc2ccccc2)OC(=O)c2ccccc21. The van der Waals surface area contributed by atoms with E-state index >= 15 is 0 Å². The van der Waals surface area contributed by atoms with Crippen LogP contribution in [0.2, 0.25) is 0 Å². The highest BCUT2D eigenvalue weighted by molar-refractivity contribution is 5.94. The first-order chi connectivity index (χ1) is 12.2. The Hall–Kier alpha value is -2.17. The molecule has 0 aromatic heterocycles. The molecule has 0 fully saturated rings. The molecule has 0 bridgehead atoms. The molecule has 4 nitrogen and oxygen atoms in total. The van der Waals surface area contributed by atoms with E-state index in [1.54, 1.807) is 6.07 Å². The van der Waals surface area contributed by atoms with Crippen molar-refractivity contribution in [3.8, 4) is 0 Å². The summed E-state index contributed by atoms with van der Waals surface area (Å²) in [5.41, 5.74) is 2.27. The maximum atomic E-state index is 12.3. The van der Waals surface area contributed by atoms with E-state index in [1.807, 2.05) is 48.5 Å². The number of unbranched alkanes of at least 4 members (excludes halogenated alkanes) is 3. The Morgan fingerprint density at radius 3 is 2.52 bits per heavy atom. The normalized spacial score (nSPS) is 18.8. The number of hydrogen-bond donors (Lipinski definition) is 0. The monoisotopic (exact) mass is 340 g/mol. The van der Waals surface area contributed by atoms with Crippen LogP contribution in [-0.2, 0) is 26.7 Å². The molecule has 1 aliphatic rings. The summed E-state index contributed by atoms with van der Waals surface area (Å²) in [6.07, 6.45) is 4.78. The topological polar surface area (TPSA) is 44.8 Å². The van der Waals surface area contributed by atoms with E-state index in [1.165, 1.54) is 12.8 Å². The second kappa shape index (κ2) is 8.28. The molecule has 25 heavy (non-hydrogen) atoms. The highest BCUT2D eigenvalue weighted by Gasteiger charge is 2.48. The largest absolute Gasteiger partial charge is 0.422 e. The van der Waals surface area contributed by atoms with E-state index < -0.39 is 5.79 Å². The average molecular weight is 340 g/mol. The molecule has 1 atom stereocenters. The number of cyclic esters (lactones) is 1. The van der Waals surface area contributed by atoms with Crippen LogP contribution < -0.4 is 0 Å². The lowest BCUT2D eigenvalue weighted by molar-refractivity contribution is -0.421. The van der Waals surface area contributed by atoms with Gasteiger partial charge in [0.1, 0.15) is 0 Å². The van der Waals surface area contributed by atoms with E-state index in [-0.39, 0.29) is 5.97 Å². The van der Waals surface area contributed by atoms with Crippen molar-refractivity contribution in [2.75, 3.05) is 6.61 Å². The minimum Gasteiger partial charge on any atom is -0.422 e. The summed E-state index contributed by atoms with van der Waals surface area (Å²) < 4.78 is 5.66. The van der Waals surface area contributed by atoms with Gasteiger partial charge in [-0.3, -0.25) is 0 Å². The lowest BCUT2D eigenvalue weighted by atomic mass is 9.96. The zero-order valence-corrected chi connectivity index (χ0v) is 14.6. The van der Waals surface area contributed by atoms with Crippen molar-refractivity contribution < 1.29 is 19.3 Å². The summed E-state index contributed by atoms with van der Waals surface area (Å²) in [7, 11) is 0. The van der Waals surface area contributed by atoms with E-state index in [0.717, 1.165) is 24.0 Å². The number of fused-ring (bicyclic) bond motifs is 1. The molecule has 3 rings (SSSR count). The summed E-state index contributed by atoms with van der Waals surface area (Å²) in [5.74, 6) is -1.60. The van der Waals surface area contributed by atoms with Gasteiger partial charge in [0.25, 0.3) is 5.79 Å². The number of carbonyl (C=O) groups is 1. The molecule has 132 valence electrons. The fourth-order valence-electron chi connectivity index (χ4n) is 3.06. The Labute approximate surface area is 148 Å². The second-order valence-corrected chi connectivity index (χ2v) is 6.32. The van der Waals surface area contributed by atoms with Crippen LogP contribution in [0.4, 0.5) is 0 Å². The third-order valence-corrected chi connectivity index (χ3v) is 4.37. The number of benzene rings is 2. The van der Waals surface area contributed by atoms with Gasteiger partial charge in [0.05, 0.1) is 12.2 Å². The van der Waals surface area contributed by atoms with Crippen molar-refractivity contribution in [2.24, 2.45) is 0 Å². The molecule has 1 unspecified atom stereocenters. The van der Waals surface area contributed by atoms with Crippen LogP contribution in [0.15, 0.2) is 54.6 Å². The first-order valence-electron chi connectivity index (χ1n) is 8.92. The Kier molecular flexibility index (Phi) is 5.84. The standard InChI is InChI=1S/C21H24O4/c1-2-3-4-10-15-23-25-21(16-17-11-6-5-7-12-17)19-14-9-8-13-18(19)20(22)24-21/h5-9,11-14H,2-4,10,15-16H2,1H3. The third-order valence-electron chi connectivity index (χ3n) is 4.37. The van der Waals surface area contributed by atoms with Crippen LogP contribution in [0, 0.1) is 0 Å². The minimum atomic E-state index is -1.22. The molecule has 2 aromatic carbocycles. The number of hydrogen-bond acceptors (Lipinski definition) is 4. The van der Waals surface area contributed by atoms with Gasteiger partial charge in [-0.1, -0.05) is 74.7 Å². The fourth-order valence-corrected chi connectivity index (χ4v) is 3.06. The molecule has 1 aliphatic heterocycles. The number of ether oxygens (including phenoxy) is 1. The molecule has 1 heterocycles. The molecule has 0 amide bonds. The Morgan fingerprint density at radius 1 is 0.960 bits per heavy atom. The van der Waals surface area contributed by atoms with Crippen molar-refractivity contribution in [1.82, 2.24) is 0 Å². The number of esters is 1. The van der Waals surface area contributed by atoms with Crippen LogP contribution in [-0.4, -0.2) is 12.6 Å². The summed E-state index contributed by atoms with van der Waals surface area (Å²) >= 11 is 0. The summed E-state index contributed by atoms with van der Waals surface area (Å²) in [6.45, 7) is 2.65. The van der Waals surface area contributed by atoms with Gasteiger partial charge in [0.15, 0.2) is 0 Å². The summed E-state index contributed by atoms with van der Waals surface area (Å²) in [4.78, 5) is 23.5. The van der Waals surface area contributed by atoms with E-state index in [2.05, 4.69) is 6.92 Å². The van der Waals surface area contributed by atoms with E-state index in [4.69, 9.17) is 14.5 Å². The molecular formula is C21H24O4. The lowest BCUT2D eigenvalue weighted by Crippen LogP contribution is -2.33. The Morgan fingerprint density at radius 2 is 1.72 bits per heavy atom. The van der Waals surface area contributed by atoms with Crippen molar-refractivity contribution in [3.05, 3.63) is 71.3 Å². The van der Waals surface area contributed by atoms with Gasteiger partial charge in [-0.2, -0.15) is 4.89 Å². The predicted molar refractivity (Wildman–Crippen MR) is 94.9 cm³/mol. The van der Waals surface area contributed by atoms with Gasteiger partial charge in [-0.15, -0.1) is 0 Å². The molecule has 0 N–H and O–H groups in total. The lowest BCUT2D eigenvalue weighted by Gasteiger charge is -2.27. The van der Waals surface area contributed by atoms with Gasteiger partial charge >= 0.3 is 5.97 Å². The average Bonchev–Trinajstić information content (AvgIpc) is 2.92. The van der Waals surface area contributed by atoms with Crippen molar-refractivity contribution >= 4 is 5.97 Å². The molecule has 2 aromatic rings. The molecule has 0 saturated carbocycles. The molecule has 0 radical (unpaired) electrons. The molecule has 0 spiro atoms. The van der Waals surface area contributed by atoms with Crippen LogP contribution in [0.3, 0.4) is 0 Å². The summed E-state index contributed by atoms with van der Waals surface area (Å²) in [6, 6.07) is 17.2.